The Bertz CT molecular complexity index is 731. The highest BCUT2D eigenvalue weighted by Crippen LogP contribution is 2.50. The molecule has 0 spiro atoms. The quantitative estimate of drug-likeness (QED) is 0.866. The molecule has 1 aliphatic heterocycles. The normalized spacial score (nSPS) is 27.2. The Hall–Kier alpha value is -1.99. The average molecular weight is 377 g/mol. The van der Waals surface area contributed by atoms with E-state index in [1.165, 1.54) is 18.2 Å². The number of carbonyl (C=O) groups is 2. The number of hydrogen-bond acceptors (Lipinski definition) is 4. The number of carbonyl (C=O) groups excluding carboxylic acids is 2. The minimum atomic E-state index is -0.943. The fourth-order valence-corrected chi connectivity index (χ4v) is 4.00. The van der Waals surface area contributed by atoms with Gasteiger partial charge >= 0.3 is 0 Å². The van der Waals surface area contributed by atoms with Crippen LogP contribution in [0.4, 0.5) is 4.39 Å². The zero-order valence-electron chi connectivity index (χ0n) is 16.2. The van der Waals surface area contributed by atoms with E-state index in [0.29, 0.717) is 44.8 Å². The number of nitrogens with zero attached hydrogens (tertiary/aromatic N) is 2. The molecule has 6 nitrogen and oxygen atoms in total. The molecular weight excluding hydrogens is 349 g/mol. The van der Waals surface area contributed by atoms with Crippen LogP contribution in [0.3, 0.4) is 0 Å². The number of ether oxygens (including phenoxy) is 1. The summed E-state index contributed by atoms with van der Waals surface area (Å²) in [5.74, 6) is -0.735. The molecule has 2 amide bonds. The second-order valence-corrected chi connectivity index (χ2v) is 7.94. The van der Waals surface area contributed by atoms with Crippen LogP contribution in [0, 0.1) is 11.2 Å². The van der Waals surface area contributed by atoms with Crippen molar-refractivity contribution < 1.29 is 18.7 Å². The first-order valence-corrected chi connectivity index (χ1v) is 9.45. The lowest BCUT2D eigenvalue weighted by molar-refractivity contribution is -0.180. The summed E-state index contributed by atoms with van der Waals surface area (Å²) < 4.78 is 19.0. The predicted octanol–water partition coefficient (Wildman–Crippen LogP) is 1.64. The van der Waals surface area contributed by atoms with E-state index >= 15 is 0 Å². The Morgan fingerprint density at radius 2 is 1.85 bits per heavy atom. The van der Waals surface area contributed by atoms with Gasteiger partial charge in [-0.2, -0.15) is 0 Å². The maximum absolute atomic E-state index is 13.4. The molecular formula is C20H28FN3O3. The molecule has 1 heterocycles. The van der Waals surface area contributed by atoms with E-state index in [4.69, 9.17) is 10.5 Å². The monoisotopic (exact) mass is 377 g/mol. The van der Waals surface area contributed by atoms with Gasteiger partial charge in [-0.05, 0) is 25.1 Å². The molecule has 0 aromatic heterocycles. The number of benzene rings is 1. The summed E-state index contributed by atoms with van der Waals surface area (Å²) in [5, 5.41) is 0. The number of amides is 2. The third kappa shape index (κ3) is 3.34. The highest BCUT2D eigenvalue weighted by molar-refractivity contribution is 5.94. The standard InChI is InChI=1S/C20H28FN3O3/c1-4-27-16-13-20(22,19(16,2)3)18(26)24-10-8-23(9-11-24)17(25)14-6-5-7-15(21)12-14/h5-7,12,16H,4,8-11,13,22H2,1-3H3. The maximum Gasteiger partial charge on any atom is 0.254 e. The summed E-state index contributed by atoms with van der Waals surface area (Å²) in [4.78, 5) is 29.0. The van der Waals surface area contributed by atoms with Crippen molar-refractivity contribution in [2.24, 2.45) is 11.1 Å². The minimum absolute atomic E-state index is 0.0210. The Kier molecular flexibility index (Phi) is 5.27. The molecule has 0 bridgehead atoms. The van der Waals surface area contributed by atoms with Crippen LogP contribution >= 0.6 is 0 Å². The number of halogens is 1. The molecule has 27 heavy (non-hydrogen) atoms. The number of piperazine rings is 1. The molecule has 1 aromatic carbocycles. The third-order valence-electron chi connectivity index (χ3n) is 6.14. The van der Waals surface area contributed by atoms with Crippen LogP contribution in [0.25, 0.3) is 0 Å². The van der Waals surface area contributed by atoms with Crippen molar-refractivity contribution in [3.8, 4) is 0 Å². The van der Waals surface area contributed by atoms with Gasteiger partial charge < -0.3 is 20.3 Å². The van der Waals surface area contributed by atoms with Crippen LogP contribution < -0.4 is 5.73 Å². The minimum Gasteiger partial charge on any atom is -0.378 e. The zero-order valence-corrected chi connectivity index (χ0v) is 16.2. The van der Waals surface area contributed by atoms with Gasteiger partial charge in [-0.25, -0.2) is 4.39 Å². The molecule has 3 rings (SSSR count). The van der Waals surface area contributed by atoms with Crippen LogP contribution in [-0.4, -0.2) is 66.0 Å². The highest BCUT2D eigenvalue weighted by Gasteiger charge is 2.63. The Morgan fingerprint density at radius 1 is 1.22 bits per heavy atom. The fourth-order valence-electron chi connectivity index (χ4n) is 4.00. The SMILES string of the molecule is CCOC1CC(N)(C(=O)N2CCN(C(=O)c3cccc(F)c3)CC2)C1(C)C. The van der Waals surface area contributed by atoms with Gasteiger partial charge in [0.2, 0.25) is 5.91 Å². The van der Waals surface area contributed by atoms with E-state index in [1.807, 2.05) is 20.8 Å². The number of hydrogen-bond donors (Lipinski definition) is 1. The molecule has 0 radical (unpaired) electrons. The first-order valence-electron chi connectivity index (χ1n) is 9.45. The van der Waals surface area contributed by atoms with Gasteiger partial charge in [0.05, 0.1) is 6.10 Å². The molecule has 1 aromatic rings. The van der Waals surface area contributed by atoms with E-state index in [-0.39, 0.29) is 17.9 Å². The Balaban J connectivity index is 1.61. The lowest BCUT2D eigenvalue weighted by atomic mass is 9.54. The zero-order chi connectivity index (χ0) is 19.8. The van der Waals surface area contributed by atoms with Crippen LogP contribution in [-0.2, 0) is 9.53 Å². The molecule has 2 unspecified atom stereocenters. The van der Waals surface area contributed by atoms with E-state index in [1.54, 1.807) is 15.9 Å². The average Bonchev–Trinajstić information content (AvgIpc) is 2.66. The van der Waals surface area contributed by atoms with E-state index < -0.39 is 16.8 Å². The summed E-state index contributed by atoms with van der Waals surface area (Å²) in [6, 6.07) is 5.67. The summed E-state index contributed by atoms with van der Waals surface area (Å²) in [6.45, 7) is 8.14. The van der Waals surface area contributed by atoms with Crippen molar-refractivity contribution in [2.75, 3.05) is 32.8 Å². The van der Waals surface area contributed by atoms with Crippen LogP contribution in [0.15, 0.2) is 24.3 Å². The molecule has 1 saturated heterocycles. The number of nitrogens with two attached hydrogens (primary N) is 1. The van der Waals surface area contributed by atoms with Gasteiger partial charge in [0.1, 0.15) is 11.4 Å². The summed E-state index contributed by atoms with van der Waals surface area (Å²) in [6.07, 6.45) is 0.488. The Labute approximate surface area is 159 Å². The van der Waals surface area contributed by atoms with Gasteiger partial charge in [0, 0.05) is 50.2 Å². The van der Waals surface area contributed by atoms with Crippen molar-refractivity contribution in [2.45, 2.75) is 38.8 Å². The molecule has 148 valence electrons. The van der Waals surface area contributed by atoms with Gasteiger partial charge in [-0.3, -0.25) is 9.59 Å². The lowest BCUT2D eigenvalue weighted by Gasteiger charge is -2.59. The van der Waals surface area contributed by atoms with Gasteiger partial charge in [-0.1, -0.05) is 19.9 Å². The topological polar surface area (TPSA) is 75.9 Å². The van der Waals surface area contributed by atoms with Gasteiger partial charge in [0.25, 0.3) is 5.91 Å². The van der Waals surface area contributed by atoms with Crippen molar-refractivity contribution in [3.63, 3.8) is 0 Å². The smallest absolute Gasteiger partial charge is 0.254 e. The molecule has 7 heteroatoms. The molecule has 1 saturated carbocycles. The van der Waals surface area contributed by atoms with Crippen molar-refractivity contribution in [3.05, 3.63) is 35.6 Å². The fraction of sp³-hybridized carbons (Fsp3) is 0.600. The van der Waals surface area contributed by atoms with Crippen molar-refractivity contribution in [1.82, 2.24) is 9.80 Å². The van der Waals surface area contributed by atoms with Gasteiger partial charge in [0.15, 0.2) is 0 Å². The number of rotatable bonds is 4. The molecule has 1 aliphatic carbocycles. The lowest BCUT2D eigenvalue weighted by Crippen LogP contribution is -2.76. The van der Waals surface area contributed by atoms with E-state index in [2.05, 4.69) is 0 Å². The Morgan fingerprint density at radius 3 is 2.41 bits per heavy atom. The van der Waals surface area contributed by atoms with Crippen molar-refractivity contribution >= 4 is 11.8 Å². The van der Waals surface area contributed by atoms with Crippen LogP contribution in [0.1, 0.15) is 37.6 Å². The summed E-state index contributed by atoms with van der Waals surface area (Å²) in [7, 11) is 0. The largest absolute Gasteiger partial charge is 0.378 e. The second kappa shape index (κ2) is 7.20. The summed E-state index contributed by atoms with van der Waals surface area (Å²) in [5.41, 5.74) is 5.43. The summed E-state index contributed by atoms with van der Waals surface area (Å²) >= 11 is 0. The van der Waals surface area contributed by atoms with Crippen LogP contribution in [0.5, 0.6) is 0 Å². The predicted molar refractivity (Wildman–Crippen MR) is 99.6 cm³/mol. The second-order valence-electron chi connectivity index (χ2n) is 7.94. The maximum atomic E-state index is 13.4. The third-order valence-corrected chi connectivity index (χ3v) is 6.14. The van der Waals surface area contributed by atoms with E-state index in [0.717, 1.165) is 0 Å². The van der Waals surface area contributed by atoms with Crippen LogP contribution in [0.2, 0.25) is 0 Å². The highest BCUT2D eigenvalue weighted by atomic mass is 19.1. The first-order chi connectivity index (χ1) is 12.7. The molecule has 2 fully saturated rings. The first kappa shape index (κ1) is 19.8. The van der Waals surface area contributed by atoms with Crippen molar-refractivity contribution in [1.29, 1.82) is 0 Å². The van der Waals surface area contributed by atoms with E-state index in [9.17, 15) is 14.0 Å². The molecule has 2 N–H and O–H groups in total. The molecule has 2 aliphatic rings. The molecule has 2 atom stereocenters. The van der Waals surface area contributed by atoms with Gasteiger partial charge in [-0.15, -0.1) is 0 Å².